The molecule has 22 heavy (non-hydrogen) atoms. The SMILES string of the molecule is Cc1cc(C)c(S(=O)(=O)N2CCC(n3ccnn3)C2)c(C)c1. The Bertz CT molecular complexity index is 761. The topological polar surface area (TPSA) is 68.1 Å². The highest BCUT2D eigenvalue weighted by molar-refractivity contribution is 7.89. The summed E-state index contributed by atoms with van der Waals surface area (Å²) < 4.78 is 29.3. The van der Waals surface area contributed by atoms with Gasteiger partial charge in [-0.1, -0.05) is 22.9 Å². The molecule has 0 amide bonds. The summed E-state index contributed by atoms with van der Waals surface area (Å²) in [5.74, 6) is 0. The summed E-state index contributed by atoms with van der Waals surface area (Å²) in [6, 6.07) is 3.90. The standard InChI is InChI=1S/C15H20N4O2S/c1-11-8-12(2)15(13(3)9-11)22(20,21)18-6-4-14(10-18)19-7-5-16-17-19/h5,7-9,14H,4,6,10H2,1-3H3. The summed E-state index contributed by atoms with van der Waals surface area (Å²) in [6.07, 6.45) is 4.15. The van der Waals surface area contributed by atoms with Crippen molar-refractivity contribution in [1.29, 1.82) is 0 Å². The van der Waals surface area contributed by atoms with Gasteiger partial charge < -0.3 is 0 Å². The third kappa shape index (κ3) is 2.55. The maximum absolute atomic E-state index is 13.0. The van der Waals surface area contributed by atoms with Crippen LogP contribution in [0.15, 0.2) is 29.4 Å². The maximum Gasteiger partial charge on any atom is 0.243 e. The van der Waals surface area contributed by atoms with Gasteiger partial charge in [0.15, 0.2) is 0 Å². The Balaban J connectivity index is 1.92. The van der Waals surface area contributed by atoms with Gasteiger partial charge in [0.2, 0.25) is 10.0 Å². The number of benzene rings is 1. The van der Waals surface area contributed by atoms with Gasteiger partial charge >= 0.3 is 0 Å². The van der Waals surface area contributed by atoms with Crippen LogP contribution in [0.1, 0.15) is 29.2 Å². The molecule has 1 aromatic carbocycles. The largest absolute Gasteiger partial charge is 0.248 e. The highest BCUT2D eigenvalue weighted by Gasteiger charge is 2.35. The highest BCUT2D eigenvalue weighted by Crippen LogP contribution is 2.30. The number of sulfonamides is 1. The maximum atomic E-state index is 13.0. The number of hydrogen-bond donors (Lipinski definition) is 0. The van der Waals surface area contributed by atoms with E-state index in [-0.39, 0.29) is 6.04 Å². The zero-order chi connectivity index (χ0) is 15.9. The van der Waals surface area contributed by atoms with Gasteiger partial charge in [0.25, 0.3) is 0 Å². The van der Waals surface area contributed by atoms with Crippen molar-refractivity contribution in [2.75, 3.05) is 13.1 Å². The van der Waals surface area contributed by atoms with Crippen LogP contribution in [0.4, 0.5) is 0 Å². The van der Waals surface area contributed by atoms with Crippen molar-refractivity contribution in [2.24, 2.45) is 0 Å². The van der Waals surface area contributed by atoms with Crippen LogP contribution in [0, 0.1) is 20.8 Å². The lowest BCUT2D eigenvalue weighted by Crippen LogP contribution is -2.30. The molecule has 0 radical (unpaired) electrons. The lowest BCUT2D eigenvalue weighted by atomic mass is 10.1. The summed E-state index contributed by atoms with van der Waals surface area (Å²) in [4.78, 5) is 0.442. The Kier molecular flexibility index (Phi) is 3.78. The monoisotopic (exact) mass is 320 g/mol. The van der Waals surface area contributed by atoms with Crippen molar-refractivity contribution < 1.29 is 8.42 Å². The summed E-state index contributed by atoms with van der Waals surface area (Å²) in [5, 5.41) is 7.77. The molecule has 118 valence electrons. The zero-order valence-corrected chi connectivity index (χ0v) is 13.8. The van der Waals surface area contributed by atoms with Crippen LogP contribution >= 0.6 is 0 Å². The van der Waals surface area contributed by atoms with Gasteiger partial charge in [-0.2, -0.15) is 4.31 Å². The number of aromatic nitrogens is 3. The van der Waals surface area contributed by atoms with Gasteiger partial charge in [0, 0.05) is 19.3 Å². The molecule has 3 rings (SSSR count). The van der Waals surface area contributed by atoms with E-state index in [9.17, 15) is 8.42 Å². The Hall–Kier alpha value is -1.73. The smallest absolute Gasteiger partial charge is 0.243 e. The van der Waals surface area contributed by atoms with Crippen LogP contribution in [-0.4, -0.2) is 40.8 Å². The molecule has 0 saturated carbocycles. The van der Waals surface area contributed by atoms with Crippen LogP contribution < -0.4 is 0 Å². The van der Waals surface area contributed by atoms with E-state index < -0.39 is 10.0 Å². The van der Waals surface area contributed by atoms with E-state index in [1.165, 1.54) is 0 Å². The zero-order valence-electron chi connectivity index (χ0n) is 13.0. The third-order valence-electron chi connectivity index (χ3n) is 4.14. The number of hydrogen-bond acceptors (Lipinski definition) is 4. The lowest BCUT2D eigenvalue weighted by molar-refractivity contribution is 0.428. The fourth-order valence-corrected chi connectivity index (χ4v) is 5.16. The Morgan fingerprint density at radius 3 is 2.45 bits per heavy atom. The van der Waals surface area contributed by atoms with E-state index in [2.05, 4.69) is 10.3 Å². The molecule has 6 nitrogen and oxygen atoms in total. The van der Waals surface area contributed by atoms with Crippen molar-refractivity contribution in [3.63, 3.8) is 0 Å². The molecule has 0 bridgehead atoms. The molecule has 7 heteroatoms. The van der Waals surface area contributed by atoms with Crippen molar-refractivity contribution in [3.05, 3.63) is 41.2 Å². The fourth-order valence-electron chi connectivity index (χ4n) is 3.26. The first-order chi connectivity index (χ1) is 10.4. The molecular weight excluding hydrogens is 300 g/mol. The average Bonchev–Trinajstić information content (AvgIpc) is 3.08. The first-order valence-corrected chi connectivity index (χ1v) is 8.77. The number of rotatable bonds is 3. The van der Waals surface area contributed by atoms with Crippen LogP contribution in [0.25, 0.3) is 0 Å². The van der Waals surface area contributed by atoms with E-state index in [1.54, 1.807) is 21.4 Å². The second-order valence-electron chi connectivity index (χ2n) is 5.92. The van der Waals surface area contributed by atoms with Crippen LogP contribution in [0.2, 0.25) is 0 Å². The predicted molar refractivity (Wildman–Crippen MR) is 83.1 cm³/mol. The summed E-state index contributed by atoms with van der Waals surface area (Å²) >= 11 is 0. The van der Waals surface area contributed by atoms with Gasteiger partial charge in [-0.3, -0.25) is 0 Å². The minimum atomic E-state index is -3.47. The summed E-state index contributed by atoms with van der Waals surface area (Å²) in [6.45, 7) is 6.65. The molecule has 1 fully saturated rings. The molecule has 1 saturated heterocycles. The normalized spacial score (nSPS) is 19.7. The first-order valence-electron chi connectivity index (χ1n) is 7.33. The molecule has 2 aromatic rings. The van der Waals surface area contributed by atoms with Gasteiger partial charge in [0.1, 0.15) is 0 Å². The van der Waals surface area contributed by atoms with Gasteiger partial charge in [-0.25, -0.2) is 13.1 Å². The number of aryl methyl sites for hydroxylation is 3. The summed E-state index contributed by atoms with van der Waals surface area (Å²) in [5.41, 5.74) is 2.69. The lowest BCUT2D eigenvalue weighted by Gasteiger charge is -2.20. The molecule has 1 aromatic heterocycles. The molecule has 1 aliphatic rings. The molecular formula is C15H20N4O2S. The van der Waals surface area contributed by atoms with Crippen molar-refractivity contribution in [3.8, 4) is 0 Å². The molecule has 1 unspecified atom stereocenters. The molecule has 0 aliphatic carbocycles. The van der Waals surface area contributed by atoms with E-state index in [4.69, 9.17) is 0 Å². The van der Waals surface area contributed by atoms with Gasteiger partial charge in [0.05, 0.1) is 17.1 Å². The quantitative estimate of drug-likeness (QED) is 0.865. The minimum absolute atomic E-state index is 0.0586. The van der Waals surface area contributed by atoms with Crippen molar-refractivity contribution in [1.82, 2.24) is 19.3 Å². The average molecular weight is 320 g/mol. The van der Waals surface area contributed by atoms with Crippen LogP contribution in [0.5, 0.6) is 0 Å². The Labute approximate surface area is 130 Å². The Morgan fingerprint density at radius 2 is 1.86 bits per heavy atom. The second kappa shape index (κ2) is 5.48. The molecule has 0 N–H and O–H groups in total. The van der Waals surface area contributed by atoms with Gasteiger partial charge in [-0.05, 0) is 38.3 Å². The fraction of sp³-hybridized carbons (Fsp3) is 0.467. The molecule has 1 aliphatic heterocycles. The van der Waals surface area contributed by atoms with Crippen LogP contribution in [-0.2, 0) is 10.0 Å². The van der Waals surface area contributed by atoms with E-state index in [0.29, 0.717) is 18.0 Å². The number of nitrogens with zero attached hydrogens (tertiary/aromatic N) is 4. The Morgan fingerprint density at radius 1 is 1.18 bits per heavy atom. The van der Waals surface area contributed by atoms with Gasteiger partial charge in [-0.15, -0.1) is 5.10 Å². The third-order valence-corrected chi connectivity index (χ3v) is 6.32. The molecule has 0 spiro atoms. The second-order valence-corrected chi connectivity index (χ2v) is 7.79. The first kappa shape index (κ1) is 15.2. The van der Waals surface area contributed by atoms with Crippen molar-refractivity contribution in [2.45, 2.75) is 38.1 Å². The van der Waals surface area contributed by atoms with Crippen molar-refractivity contribution >= 4 is 10.0 Å². The molecule has 2 heterocycles. The molecule has 1 atom stereocenters. The minimum Gasteiger partial charge on any atom is -0.248 e. The van der Waals surface area contributed by atoms with E-state index in [0.717, 1.165) is 23.1 Å². The predicted octanol–water partition coefficient (Wildman–Crippen LogP) is 1.84. The highest BCUT2D eigenvalue weighted by atomic mass is 32.2. The van der Waals surface area contributed by atoms with E-state index >= 15 is 0 Å². The van der Waals surface area contributed by atoms with E-state index in [1.807, 2.05) is 32.9 Å². The van der Waals surface area contributed by atoms with Crippen LogP contribution in [0.3, 0.4) is 0 Å². The summed E-state index contributed by atoms with van der Waals surface area (Å²) in [7, 11) is -3.47.